The predicted molar refractivity (Wildman–Crippen MR) is 82.3 cm³/mol. The van der Waals surface area contributed by atoms with Crippen LogP contribution >= 0.6 is 11.8 Å². The summed E-state index contributed by atoms with van der Waals surface area (Å²) in [4.78, 5) is 7.76. The van der Waals surface area contributed by atoms with E-state index in [-0.39, 0.29) is 5.75 Å². The van der Waals surface area contributed by atoms with Crippen LogP contribution in [-0.2, 0) is 0 Å². The molecular weight excluding hydrogens is 323 g/mol. The molecule has 0 spiro atoms. The van der Waals surface area contributed by atoms with E-state index in [1.165, 1.54) is 30.2 Å². The Bertz CT molecular complexity index is 673. The molecule has 3 heterocycles. The van der Waals surface area contributed by atoms with Gasteiger partial charge >= 0.3 is 0 Å². The molecule has 0 saturated carbocycles. The summed E-state index contributed by atoms with van der Waals surface area (Å²) in [6.07, 6.45) is -0.532. The molecule has 4 atom stereocenters. The zero-order valence-electron chi connectivity index (χ0n) is 11.9. The Morgan fingerprint density at radius 2 is 1.96 bits per heavy atom. The van der Waals surface area contributed by atoms with Crippen LogP contribution in [0.25, 0.3) is 11.3 Å². The number of thioether (sulfide) groups is 1. The van der Waals surface area contributed by atoms with Gasteiger partial charge in [0.1, 0.15) is 18.0 Å². The second kappa shape index (κ2) is 6.79. The number of hydrogen-bond acceptors (Lipinski definition) is 7. The van der Waals surface area contributed by atoms with Gasteiger partial charge < -0.3 is 20.1 Å². The van der Waals surface area contributed by atoms with E-state index >= 15 is 0 Å². The maximum absolute atomic E-state index is 12.9. The molecule has 2 aromatic heterocycles. The largest absolute Gasteiger partial charge is 0.477 e. The normalized spacial score (nSPS) is 27.7. The van der Waals surface area contributed by atoms with Gasteiger partial charge in [-0.15, -0.1) is 11.8 Å². The highest BCUT2D eigenvalue weighted by atomic mass is 32.2. The Hall–Kier alpha value is -1.74. The number of aliphatic hydroxyl groups excluding tert-OH is 3. The lowest BCUT2D eigenvalue weighted by atomic mass is 10.1. The van der Waals surface area contributed by atoms with Crippen LogP contribution in [0, 0.1) is 5.95 Å². The van der Waals surface area contributed by atoms with E-state index in [4.69, 9.17) is 4.74 Å². The quantitative estimate of drug-likeness (QED) is 0.713. The first-order chi connectivity index (χ1) is 11.0. The fraction of sp³-hybridized carbons (Fsp3) is 0.333. The van der Waals surface area contributed by atoms with E-state index in [0.29, 0.717) is 17.0 Å². The van der Waals surface area contributed by atoms with Crippen molar-refractivity contribution in [2.45, 2.75) is 23.7 Å². The molecule has 0 unspecified atom stereocenters. The van der Waals surface area contributed by atoms with E-state index in [0.717, 1.165) is 0 Å². The summed E-state index contributed by atoms with van der Waals surface area (Å²) in [5.41, 5.74) is 0.477. The monoisotopic (exact) mass is 338 g/mol. The maximum atomic E-state index is 12.9. The first-order valence-electron chi connectivity index (χ1n) is 6.95. The third-order valence-corrected chi connectivity index (χ3v) is 4.70. The molecule has 0 aliphatic carbocycles. The third kappa shape index (κ3) is 3.61. The number of halogens is 1. The minimum Gasteiger partial charge on any atom is -0.477 e. The molecule has 122 valence electrons. The minimum absolute atomic E-state index is 0.267. The number of ether oxygens (including phenoxy) is 1. The summed E-state index contributed by atoms with van der Waals surface area (Å²) in [7, 11) is 0. The molecule has 0 radical (unpaired) electrons. The van der Waals surface area contributed by atoms with Gasteiger partial charge in [0.05, 0.1) is 11.8 Å². The molecule has 0 amide bonds. The Kier molecular flexibility index (Phi) is 4.76. The Morgan fingerprint density at radius 1 is 1.13 bits per heavy atom. The standard InChI is InChI=1S/C15H15FN2O4S/c16-12-2-1-8(6-18-12)10-5-9(3-4-17-10)22-15-14(21)13(20)11(19)7-23-15/h1-6,11,13-15,19-21H,7H2/t11-,13+,14-,15+/m1/s1. The first-order valence-corrected chi connectivity index (χ1v) is 8.00. The number of rotatable bonds is 3. The van der Waals surface area contributed by atoms with Gasteiger partial charge in [-0.25, -0.2) is 4.98 Å². The smallest absolute Gasteiger partial charge is 0.212 e. The molecule has 2 aromatic rings. The van der Waals surface area contributed by atoms with Crippen molar-refractivity contribution in [2.75, 3.05) is 5.75 Å². The van der Waals surface area contributed by atoms with Crippen LogP contribution in [0.1, 0.15) is 0 Å². The number of pyridine rings is 2. The molecular formula is C15H15FN2O4S. The number of nitrogens with zero attached hydrogens (tertiary/aromatic N) is 2. The molecule has 0 bridgehead atoms. The van der Waals surface area contributed by atoms with Gasteiger partial charge in [-0.1, -0.05) is 0 Å². The van der Waals surface area contributed by atoms with Crippen molar-refractivity contribution in [3.63, 3.8) is 0 Å². The lowest BCUT2D eigenvalue weighted by molar-refractivity contribution is -0.0786. The van der Waals surface area contributed by atoms with Gasteiger partial charge in [-0.2, -0.15) is 4.39 Å². The number of hydrogen-bond donors (Lipinski definition) is 3. The van der Waals surface area contributed by atoms with Crippen molar-refractivity contribution in [1.82, 2.24) is 9.97 Å². The van der Waals surface area contributed by atoms with Crippen molar-refractivity contribution < 1.29 is 24.4 Å². The van der Waals surface area contributed by atoms with Crippen molar-refractivity contribution in [1.29, 1.82) is 0 Å². The fourth-order valence-electron chi connectivity index (χ4n) is 2.19. The summed E-state index contributed by atoms with van der Waals surface area (Å²) in [5.74, 6) is 0.137. The Labute approximate surface area is 136 Å². The van der Waals surface area contributed by atoms with E-state index in [9.17, 15) is 19.7 Å². The van der Waals surface area contributed by atoms with Crippen molar-refractivity contribution in [3.8, 4) is 17.0 Å². The second-order valence-corrected chi connectivity index (χ2v) is 6.25. The average Bonchev–Trinajstić information content (AvgIpc) is 2.56. The molecule has 6 nitrogen and oxygen atoms in total. The van der Waals surface area contributed by atoms with Crippen molar-refractivity contribution >= 4 is 11.8 Å². The fourth-order valence-corrected chi connectivity index (χ4v) is 3.31. The highest BCUT2D eigenvalue weighted by Gasteiger charge is 2.38. The lowest BCUT2D eigenvalue weighted by Crippen LogP contribution is -2.50. The first kappa shape index (κ1) is 16.1. The van der Waals surface area contributed by atoms with Gasteiger partial charge in [-0.05, 0) is 18.2 Å². The maximum Gasteiger partial charge on any atom is 0.212 e. The summed E-state index contributed by atoms with van der Waals surface area (Å²) in [6, 6.07) is 6.05. The summed E-state index contributed by atoms with van der Waals surface area (Å²) in [6.45, 7) is 0. The van der Waals surface area contributed by atoms with Gasteiger partial charge in [-0.3, -0.25) is 4.98 Å². The lowest BCUT2D eigenvalue weighted by Gasteiger charge is -2.34. The highest BCUT2D eigenvalue weighted by Crippen LogP contribution is 2.30. The van der Waals surface area contributed by atoms with Crippen LogP contribution in [0.2, 0.25) is 0 Å². The van der Waals surface area contributed by atoms with Gasteiger partial charge in [0.15, 0.2) is 5.44 Å². The van der Waals surface area contributed by atoms with Crippen molar-refractivity contribution in [3.05, 3.63) is 42.6 Å². The van der Waals surface area contributed by atoms with E-state index in [2.05, 4.69) is 9.97 Å². The van der Waals surface area contributed by atoms with Crippen LogP contribution in [0.15, 0.2) is 36.7 Å². The van der Waals surface area contributed by atoms with Crippen LogP contribution in [0.5, 0.6) is 5.75 Å². The van der Waals surface area contributed by atoms with Gasteiger partial charge in [0.2, 0.25) is 5.95 Å². The highest BCUT2D eigenvalue weighted by molar-refractivity contribution is 7.99. The summed E-state index contributed by atoms with van der Waals surface area (Å²) >= 11 is 1.22. The SMILES string of the molecule is O[C@@H]1[C@@H](O)[C@@H](Oc2ccnc(-c3ccc(F)nc3)c2)SC[C@H]1O. The second-order valence-electron chi connectivity index (χ2n) is 5.11. The van der Waals surface area contributed by atoms with Crippen LogP contribution < -0.4 is 4.74 Å². The molecule has 8 heteroatoms. The molecule has 0 aromatic carbocycles. The average molecular weight is 338 g/mol. The third-order valence-electron chi connectivity index (χ3n) is 3.46. The molecule has 1 aliphatic rings. The zero-order chi connectivity index (χ0) is 16.4. The number of aliphatic hydroxyl groups is 3. The van der Waals surface area contributed by atoms with Crippen LogP contribution in [0.3, 0.4) is 0 Å². The van der Waals surface area contributed by atoms with Crippen molar-refractivity contribution in [2.24, 2.45) is 0 Å². The topological polar surface area (TPSA) is 95.7 Å². The molecule has 3 rings (SSSR count). The van der Waals surface area contributed by atoms with Gasteiger partial charge in [0, 0.05) is 29.8 Å². The summed E-state index contributed by atoms with van der Waals surface area (Å²) in [5, 5.41) is 29.2. The van der Waals surface area contributed by atoms with E-state index in [1.54, 1.807) is 18.2 Å². The van der Waals surface area contributed by atoms with Crippen LogP contribution in [-0.4, -0.2) is 54.8 Å². The minimum atomic E-state index is -1.25. The zero-order valence-corrected chi connectivity index (χ0v) is 12.7. The number of aromatic nitrogens is 2. The van der Waals surface area contributed by atoms with Crippen LogP contribution in [0.4, 0.5) is 4.39 Å². The Balaban J connectivity index is 1.76. The van der Waals surface area contributed by atoms with Gasteiger partial charge in [0.25, 0.3) is 0 Å². The molecule has 1 aliphatic heterocycles. The predicted octanol–water partition coefficient (Wildman–Crippen LogP) is 0.817. The molecule has 1 fully saturated rings. The van der Waals surface area contributed by atoms with E-state index < -0.39 is 29.7 Å². The molecule has 1 saturated heterocycles. The Morgan fingerprint density at radius 3 is 2.70 bits per heavy atom. The van der Waals surface area contributed by atoms with E-state index in [1.807, 2.05) is 0 Å². The summed E-state index contributed by atoms with van der Waals surface area (Å²) < 4.78 is 18.6. The molecule has 23 heavy (non-hydrogen) atoms. The molecule has 3 N–H and O–H groups in total.